The van der Waals surface area contributed by atoms with Crippen LogP contribution in [0.3, 0.4) is 0 Å². The largest absolute Gasteiger partial charge is 0.339 e. The van der Waals surface area contributed by atoms with Crippen molar-refractivity contribution in [3.05, 3.63) is 83.2 Å². The predicted octanol–water partition coefficient (Wildman–Crippen LogP) is 5.76. The maximum absolute atomic E-state index is 12.8. The van der Waals surface area contributed by atoms with Gasteiger partial charge in [-0.3, -0.25) is 9.59 Å². The Labute approximate surface area is 197 Å². The number of aryl methyl sites for hydroxylation is 1. The molecule has 0 saturated carbocycles. The van der Waals surface area contributed by atoms with Gasteiger partial charge in [0.2, 0.25) is 5.91 Å². The molecule has 0 aliphatic carbocycles. The lowest BCUT2D eigenvalue weighted by Crippen LogP contribution is -2.41. The number of nitrogens with zero attached hydrogens (tertiary/aromatic N) is 2. The van der Waals surface area contributed by atoms with E-state index in [1.807, 2.05) is 53.6 Å². The van der Waals surface area contributed by atoms with Crippen LogP contribution < -0.4 is 5.32 Å². The number of piperidine rings is 1. The summed E-state index contributed by atoms with van der Waals surface area (Å²) in [7, 11) is 0. The van der Waals surface area contributed by atoms with E-state index < -0.39 is 0 Å². The van der Waals surface area contributed by atoms with Crippen molar-refractivity contribution in [2.75, 3.05) is 18.4 Å². The van der Waals surface area contributed by atoms with Crippen LogP contribution in [0.2, 0.25) is 0 Å². The number of aromatic nitrogens is 1. The molecule has 0 spiro atoms. The van der Waals surface area contributed by atoms with Crippen molar-refractivity contribution in [1.82, 2.24) is 9.88 Å². The summed E-state index contributed by atoms with van der Waals surface area (Å²) < 4.78 is 0. The molecule has 1 aliphatic heterocycles. The molecule has 5 rings (SSSR count). The van der Waals surface area contributed by atoms with Crippen molar-refractivity contribution in [2.45, 2.75) is 19.8 Å². The van der Waals surface area contributed by atoms with Crippen LogP contribution in [-0.4, -0.2) is 34.8 Å². The monoisotopic (exact) mass is 455 g/mol. The van der Waals surface area contributed by atoms with E-state index in [0.29, 0.717) is 31.1 Å². The van der Waals surface area contributed by atoms with Crippen molar-refractivity contribution in [2.24, 2.45) is 5.92 Å². The molecule has 33 heavy (non-hydrogen) atoms. The number of likely N-dealkylation sites (tertiary alicyclic amines) is 1. The molecule has 6 heteroatoms. The van der Waals surface area contributed by atoms with Gasteiger partial charge in [-0.25, -0.2) is 4.98 Å². The molecule has 2 amide bonds. The van der Waals surface area contributed by atoms with Gasteiger partial charge in [0.25, 0.3) is 5.91 Å². The Morgan fingerprint density at radius 3 is 2.48 bits per heavy atom. The lowest BCUT2D eigenvalue weighted by Gasteiger charge is -2.31. The molecule has 1 aliphatic rings. The van der Waals surface area contributed by atoms with E-state index >= 15 is 0 Å². The first-order valence-electron chi connectivity index (χ1n) is 11.2. The molecule has 3 aromatic carbocycles. The van der Waals surface area contributed by atoms with Gasteiger partial charge < -0.3 is 10.2 Å². The maximum atomic E-state index is 12.8. The molecule has 0 atom stereocenters. The van der Waals surface area contributed by atoms with Gasteiger partial charge in [-0.15, -0.1) is 11.3 Å². The van der Waals surface area contributed by atoms with Crippen LogP contribution in [0.5, 0.6) is 0 Å². The van der Waals surface area contributed by atoms with Crippen LogP contribution >= 0.6 is 11.3 Å². The Balaban J connectivity index is 1.20. The normalized spacial score (nSPS) is 14.4. The number of carbonyl (C=O) groups is 2. The van der Waals surface area contributed by atoms with Crippen LogP contribution in [0.25, 0.3) is 22.0 Å². The van der Waals surface area contributed by atoms with Gasteiger partial charge in [-0.2, -0.15) is 0 Å². The molecular weight excluding hydrogens is 430 g/mol. The average molecular weight is 456 g/mol. The lowest BCUT2D eigenvalue weighted by atomic mass is 9.95. The Morgan fingerprint density at radius 1 is 0.970 bits per heavy atom. The molecule has 5 nitrogen and oxygen atoms in total. The van der Waals surface area contributed by atoms with Crippen LogP contribution in [0.15, 0.2) is 72.1 Å². The van der Waals surface area contributed by atoms with E-state index in [2.05, 4.69) is 40.6 Å². The van der Waals surface area contributed by atoms with Gasteiger partial charge >= 0.3 is 0 Å². The van der Waals surface area contributed by atoms with Crippen molar-refractivity contribution < 1.29 is 9.59 Å². The van der Waals surface area contributed by atoms with Gasteiger partial charge in [0.05, 0.1) is 5.69 Å². The van der Waals surface area contributed by atoms with Crippen molar-refractivity contribution in [3.8, 4) is 11.3 Å². The maximum Gasteiger partial charge on any atom is 0.254 e. The number of fused-ring (bicyclic) bond motifs is 1. The van der Waals surface area contributed by atoms with E-state index in [1.165, 1.54) is 22.1 Å². The first kappa shape index (κ1) is 21.3. The first-order valence-corrected chi connectivity index (χ1v) is 12.1. The number of benzene rings is 3. The summed E-state index contributed by atoms with van der Waals surface area (Å²) >= 11 is 1.44. The van der Waals surface area contributed by atoms with Gasteiger partial charge in [-0.1, -0.05) is 54.6 Å². The highest BCUT2D eigenvalue weighted by atomic mass is 32.1. The second kappa shape index (κ2) is 9.16. The third-order valence-electron chi connectivity index (χ3n) is 6.31. The predicted molar refractivity (Wildman–Crippen MR) is 133 cm³/mol. The SMILES string of the molecule is Cc1ccccc1C(=O)N1CCC(C(=O)Nc2nc(-c3ccc4ccccc4c3)cs2)CC1. The minimum Gasteiger partial charge on any atom is -0.339 e. The number of anilines is 1. The molecule has 0 unspecified atom stereocenters. The first-order chi connectivity index (χ1) is 16.1. The third kappa shape index (κ3) is 4.52. The highest BCUT2D eigenvalue weighted by Gasteiger charge is 2.28. The molecule has 0 bridgehead atoms. The Bertz CT molecular complexity index is 1320. The standard InChI is InChI=1S/C27H25N3O2S/c1-18-6-2-5-9-23(18)26(32)30-14-12-20(13-15-30)25(31)29-27-28-24(17-33-27)22-11-10-19-7-3-4-8-21(19)16-22/h2-11,16-17,20H,12-15H2,1H3,(H,28,29,31). The van der Waals surface area contributed by atoms with E-state index in [1.54, 1.807) is 0 Å². The van der Waals surface area contributed by atoms with Gasteiger partial charge in [-0.05, 0) is 48.2 Å². The molecule has 1 aromatic heterocycles. The second-order valence-electron chi connectivity index (χ2n) is 8.47. The summed E-state index contributed by atoms with van der Waals surface area (Å²) in [5.41, 5.74) is 3.62. The van der Waals surface area contributed by atoms with Crippen LogP contribution in [0, 0.1) is 12.8 Å². The van der Waals surface area contributed by atoms with Crippen molar-refractivity contribution in [3.63, 3.8) is 0 Å². The number of nitrogens with one attached hydrogen (secondary N) is 1. The summed E-state index contributed by atoms with van der Waals surface area (Å²) in [6, 6.07) is 22.2. The number of carbonyl (C=O) groups excluding carboxylic acids is 2. The van der Waals surface area contributed by atoms with E-state index in [4.69, 9.17) is 0 Å². The van der Waals surface area contributed by atoms with Crippen molar-refractivity contribution in [1.29, 1.82) is 0 Å². The molecule has 1 N–H and O–H groups in total. The fraction of sp³-hybridized carbons (Fsp3) is 0.222. The highest BCUT2D eigenvalue weighted by molar-refractivity contribution is 7.14. The zero-order valence-corrected chi connectivity index (χ0v) is 19.3. The van der Waals surface area contributed by atoms with Gasteiger partial charge in [0, 0.05) is 35.5 Å². The number of hydrogen-bond donors (Lipinski definition) is 1. The van der Waals surface area contributed by atoms with Crippen molar-refractivity contribution >= 4 is 39.1 Å². The zero-order valence-electron chi connectivity index (χ0n) is 18.5. The number of rotatable bonds is 4. The molecule has 166 valence electrons. The summed E-state index contributed by atoms with van der Waals surface area (Å²) in [4.78, 5) is 32.2. The van der Waals surface area contributed by atoms with E-state index in [0.717, 1.165) is 22.4 Å². The van der Waals surface area contributed by atoms with E-state index in [9.17, 15) is 9.59 Å². The molecule has 1 saturated heterocycles. The van der Waals surface area contributed by atoms with Crippen LogP contribution in [0.1, 0.15) is 28.8 Å². The van der Waals surface area contributed by atoms with Gasteiger partial charge in [0.1, 0.15) is 0 Å². The average Bonchev–Trinajstić information content (AvgIpc) is 3.32. The minimum atomic E-state index is -0.112. The smallest absolute Gasteiger partial charge is 0.254 e. The molecule has 2 heterocycles. The lowest BCUT2D eigenvalue weighted by molar-refractivity contribution is -0.121. The Morgan fingerprint density at radius 2 is 1.70 bits per heavy atom. The second-order valence-corrected chi connectivity index (χ2v) is 9.33. The summed E-state index contributed by atoms with van der Waals surface area (Å²) in [5.74, 6) is -0.0803. The molecule has 0 radical (unpaired) electrons. The molecular formula is C27H25N3O2S. The fourth-order valence-corrected chi connectivity index (χ4v) is 5.07. The Kier molecular flexibility index (Phi) is 5.92. The van der Waals surface area contributed by atoms with Crippen LogP contribution in [0.4, 0.5) is 5.13 Å². The summed E-state index contributed by atoms with van der Waals surface area (Å²) in [5, 5.41) is 7.94. The van der Waals surface area contributed by atoms with E-state index in [-0.39, 0.29) is 17.7 Å². The quantitative estimate of drug-likeness (QED) is 0.425. The third-order valence-corrected chi connectivity index (χ3v) is 7.07. The summed E-state index contributed by atoms with van der Waals surface area (Å²) in [6.07, 6.45) is 1.32. The minimum absolute atomic E-state index is 0.0163. The highest BCUT2D eigenvalue weighted by Crippen LogP contribution is 2.29. The number of hydrogen-bond acceptors (Lipinski definition) is 4. The molecule has 1 fully saturated rings. The topological polar surface area (TPSA) is 62.3 Å². The van der Waals surface area contributed by atoms with Gasteiger partial charge in [0.15, 0.2) is 5.13 Å². The summed E-state index contributed by atoms with van der Waals surface area (Å²) in [6.45, 7) is 3.13. The molecule has 4 aromatic rings. The number of thiazole rings is 1. The number of amides is 2. The Hall–Kier alpha value is -3.51. The zero-order chi connectivity index (χ0) is 22.8. The van der Waals surface area contributed by atoms with Crippen LogP contribution in [-0.2, 0) is 4.79 Å². The fourth-order valence-electron chi connectivity index (χ4n) is 4.35.